The Hall–Kier alpha value is -1.07. The summed E-state index contributed by atoms with van der Waals surface area (Å²) in [4.78, 5) is 11.1. The molecule has 5 heteroatoms. The first kappa shape index (κ1) is 12.4. The van der Waals surface area contributed by atoms with Gasteiger partial charge in [-0.15, -0.1) is 0 Å². The van der Waals surface area contributed by atoms with E-state index in [9.17, 15) is 4.79 Å². The number of hydrogen-bond acceptors (Lipinski definition) is 3. The first-order valence-electron chi connectivity index (χ1n) is 5.63. The number of benzene rings is 1. The van der Waals surface area contributed by atoms with E-state index in [1.165, 1.54) is 0 Å². The maximum absolute atomic E-state index is 11.1. The Kier molecular flexibility index (Phi) is 4.02. The molecule has 4 nitrogen and oxygen atoms in total. The molecule has 17 heavy (non-hydrogen) atoms. The summed E-state index contributed by atoms with van der Waals surface area (Å²) in [6, 6.07) is 5.24. The molecular weight excluding hydrogens is 284 g/mol. The molecule has 0 radical (unpaired) electrons. The third-order valence-electron chi connectivity index (χ3n) is 2.76. The first-order valence-corrected chi connectivity index (χ1v) is 6.43. The van der Waals surface area contributed by atoms with E-state index in [4.69, 9.17) is 10.5 Å². The van der Waals surface area contributed by atoms with Crippen molar-refractivity contribution in [3.05, 3.63) is 28.2 Å². The lowest BCUT2D eigenvalue weighted by Gasteiger charge is -2.24. The Morgan fingerprint density at radius 3 is 2.94 bits per heavy atom. The third kappa shape index (κ3) is 3.20. The molecule has 1 atom stereocenters. The second-order valence-corrected chi connectivity index (χ2v) is 4.95. The van der Waals surface area contributed by atoms with Gasteiger partial charge in [0.15, 0.2) is 0 Å². The van der Waals surface area contributed by atoms with E-state index in [1.54, 1.807) is 18.2 Å². The van der Waals surface area contributed by atoms with Crippen molar-refractivity contribution >= 4 is 21.8 Å². The van der Waals surface area contributed by atoms with Crippen LogP contribution in [-0.2, 0) is 0 Å². The summed E-state index contributed by atoms with van der Waals surface area (Å²) >= 11 is 3.32. The average molecular weight is 299 g/mol. The maximum atomic E-state index is 11.1. The number of hydrogen-bond donors (Lipinski definition) is 2. The largest absolute Gasteiger partial charge is 0.489 e. The van der Waals surface area contributed by atoms with Gasteiger partial charge in [-0.25, -0.2) is 0 Å². The number of nitrogens with two attached hydrogens (primary N) is 1. The van der Waals surface area contributed by atoms with Gasteiger partial charge in [-0.3, -0.25) is 4.79 Å². The van der Waals surface area contributed by atoms with Crippen LogP contribution in [0.25, 0.3) is 0 Å². The molecule has 0 spiro atoms. The maximum Gasteiger partial charge on any atom is 0.249 e. The molecule has 1 fully saturated rings. The van der Waals surface area contributed by atoms with Gasteiger partial charge in [-0.05, 0) is 53.5 Å². The molecule has 92 valence electrons. The Bertz CT molecular complexity index is 417. The molecule has 1 unspecified atom stereocenters. The lowest BCUT2D eigenvalue weighted by molar-refractivity contribution is 0.0999. The molecule has 1 saturated heterocycles. The van der Waals surface area contributed by atoms with Crippen molar-refractivity contribution in [3.8, 4) is 5.75 Å². The monoisotopic (exact) mass is 298 g/mol. The van der Waals surface area contributed by atoms with E-state index in [2.05, 4.69) is 21.2 Å². The Labute approximate surface area is 109 Å². The summed E-state index contributed by atoms with van der Waals surface area (Å²) in [5.41, 5.74) is 5.70. The van der Waals surface area contributed by atoms with Gasteiger partial charge in [0.25, 0.3) is 0 Å². The van der Waals surface area contributed by atoms with Gasteiger partial charge in [0, 0.05) is 11.0 Å². The second kappa shape index (κ2) is 5.51. The quantitative estimate of drug-likeness (QED) is 0.892. The number of amides is 1. The number of rotatable bonds is 3. The van der Waals surface area contributed by atoms with E-state index in [0.717, 1.165) is 31.7 Å². The zero-order chi connectivity index (χ0) is 12.3. The van der Waals surface area contributed by atoms with Crippen LogP contribution in [0, 0.1) is 0 Å². The standard InChI is InChI=1S/C12H15BrN2O2/c13-11-6-8(3-4-10(11)12(14)16)17-9-2-1-5-15-7-9/h3-4,6,9,15H,1-2,5,7H2,(H2,14,16). The van der Waals surface area contributed by atoms with Crippen LogP contribution in [0.1, 0.15) is 23.2 Å². The molecule has 0 aliphatic carbocycles. The van der Waals surface area contributed by atoms with E-state index in [-0.39, 0.29) is 6.10 Å². The lowest BCUT2D eigenvalue weighted by Crippen LogP contribution is -2.37. The summed E-state index contributed by atoms with van der Waals surface area (Å²) in [7, 11) is 0. The number of carbonyl (C=O) groups is 1. The number of piperidine rings is 1. The zero-order valence-electron chi connectivity index (χ0n) is 9.41. The molecule has 1 heterocycles. The van der Waals surface area contributed by atoms with E-state index in [1.807, 2.05) is 0 Å². The smallest absolute Gasteiger partial charge is 0.249 e. The van der Waals surface area contributed by atoms with Gasteiger partial charge in [0.1, 0.15) is 11.9 Å². The van der Waals surface area contributed by atoms with E-state index < -0.39 is 5.91 Å². The number of ether oxygens (including phenoxy) is 1. The van der Waals surface area contributed by atoms with Crippen molar-refractivity contribution in [3.63, 3.8) is 0 Å². The summed E-state index contributed by atoms with van der Waals surface area (Å²) in [6.45, 7) is 1.93. The lowest BCUT2D eigenvalue weighted by atomic mass is 10.1. The van der Waals surface area contributed by atoms with E-state index >= 15 is 0 Å². The molecular formula is C12H15BrN2O2. The fourth-order valence-corrected chi connectivity index (χ4v) is 2.44. The van der Waals surface area contributed by atoms with Crippen LogP contribution in [0.3, 0.4) is 0 Å². The zero-order valence-corrected chi connectivity index (χ0v) is 11.0. The van der Waals surface area contributed by atoms with Crippen LogP contribution in [0.2, 0.25) is 0 Å². The molecule has 0 saturated carbocycles. The summed E-state index contributed by atoms with van der Waals surface area (Å²) in [5, 5.41) is 3.29. The van der Waals surface area contributed by atoms with Gasteiger partial charge in [0.05, 0.1) is 5.56 Å². The highest BCUT2D eigenvalue weighted by atomic mass is 79.9. The Morgan fingerprint density at radius 2 is 2.35 bits per heavy atom. The summed E-state index contributed by atoms with van der Waals surface area (Å²) in [6.07, 6.45) is 2.39. The molecule has 3 N–H and O–H groups in total. The summed E-state index contributed by atoms with van der Waals surface area (Å²) < 4.78 is 6.50. The van der Waals surface area contributed by atoms with Crippen LogP contribution in [0.4, 0.5) is 0 Å². The summed E-state index contributed by atoms with van der Waals surface area (Å²) in [5.74, 6) is 0.318. The molecule has 1 aromatic carbocycles. The number of primary amides is 1. The average Bonchev–Trinajstić information content (AvgIpc) is 2.30. The van der Waals surface area contributed by atoms with Gasteiger partial charge in [-0.2, -0.15) is 0 Å². The highest BCUT2D eigenvalue weighted by Crippen LogP contribution is 2.24. The Morgan fingerprint density at radius 1 is 1.53 bits per heavy atom. The predicted molar refractivity (Wildman–Crippen MR) is 69.2 cm³/mol. The van der Waals surface area contributed by atoms with Crippen molar-refractivity contribution in [2.75, 3.05) is 13.1 Å². The molecule has 1 aliphatic rings. The van der Waals surface area contributed by atoms with Crippen molar-refractivity contribution in [2.24, 2.45) is 5.73 Å². The van der Waals surface area contributed by atoms with Gasteiger partial charge >= 0.3 is 0 Å². The number of halogens is 1. The molecule has 2 rings (SSSR count). The first-order chi connectivity index (χ1) is 8.16. The second-order valence-electron chi connectivity index (χ2n) is 4.09. The molecule has 0 bridgehead atoms. The van der Waals surface area contributed by atoms with Crippen LogP contribution in [0.5, 0.6) is 5.75 Å². The fourth-order valence-electron chi connectivity index (χ4n) is 1.88. The minimum absolute atomic E-state index is 0.204. The normalized spacial score (nSPS) is 19.9. The van der Waals surface area contributed by atoms with Gasteiger partial charge < -0.3 is 15.8 Å². The minimum atomic E-state index is -0.442. The van der Waals surface area contributed by atoms with Crippen molar-refractivity contribution in [1.82, 2.24) is 5.32 Å². The third-order valence-corrected chi connectivity index (χ3v) is 3.42. The fraction of sp³-hybridized carbons (Fsp3) is 0.417. The molecule has 1 aliphatic heterocycles. The van der Waals surface area contributed by atoms with Crippen molar-refractivity contribution < 1.29 is 9.53 Å². The molecule has 0 aromatic heterocycles. The topological polar surface area (TPSA) is 64.4 Å². The predicted octanol–water partition coefficient (Wildman–Crippen LogP) is 1.68. The number of nitrogens with one attached hydrogen (secondary N) is 1. The molecule has 1 amide bonds. The van der Waals surface area contributed by atoms with Gasteiger partial charge in [-0.1, -0.05) is 0 Å². The molecule has 1 aromatic rings. The van der Waals surface area contributed by atoms with Crippen molar-refractivity contribution in [1.29, 1.82) is 0 Å². The van der Waals surface area contributed by atoms with Crippen LogP contribution >= 0.6 is 15.9 Å². The SMILES string of the molecule is NC(=O)c1ccc(OC2CCCNC2)cc1Br. The van der Waals surface area contributed by atoms with Gasteiger partial charge in [0.2, 0.25) is 5.91 Å². The van der Waals surface area contributed by atoms with E-state index in [0.29, 0.717) is 10.0 Å². The van der Waals surface area contributed by atoms with Crippen LogP contribution in [-0.4, -0.2) is 25.1 Å². The van der Waals surface area contributed by atoms with Crippen molar-refractivity contribution in [2.45, 2.75) is 18.9 Å². The van der Waals surface area contributed by atoms with Crippen LogP contribution in [0.15, 0.2) is 22.7 Å². The highest BCUT2D eigenvalue weighted by Gasteiger charge is 2.15. The number of carbonyl (C=O) groups excluding carboxylic acids is 1. The Balaban J connectivity index is 2.06. The minimum Gasteiger partial charge on any atom is -0.489 e. The van der Waals surface area contributed by atoms with Crippen LogP contribution < -0.4 is 15.8 Å². The highest BCUT2D eigenvalue weighted by molar-refractivity contribution is 9.10.